The van der Waals surface area contributed by atoms with Gasteiger partial charge in [0, 0.05) is 61.0 Å². The van der Waals surface area contributed by atoms with Crippen molar-refractivity contribution >= 4 is 27.6 Å². The maximum atomic E-state index is 10.7. The molecule has 1 aromatic carbocycles. The molecule has 154 valence electrons. The molecular formula is C22H25N7O. The predicted octanol–water partition coefficient (Wildman–Crippen LogP) is 2.78. The molecule has 5 rings (SSSR count). The third kappa shape index (κ3) is 3.13. The number of nitrogens with one attached hydrogen (secondary N) is 1. The minimum Gasteiger partial charge on any atom is -0.507 e. The molecule has 0 aliphatic carbocycles. The average molecular weight is 403 g/mol. The van der Waals surface area contributed by atoms with Gasteiger partial charge in [0.05, 0.1) is 23.0 Å². The van der Waals surface area contributed by atoms with E-state index in [0.717, 1.165) is 40.6 Å². The van der Waals surface area contributed by atoms with E-state index in [4.69, 9.17) is 0 Å². The molecule has 2 N–H and O–H groups in total. The fourth-order valence-corrected chi connectivity index (χ4v) is 4.36. The van der Waals surface area contributed by atoms with Gasteiger partial charge in [-0.2, -0.15) is 5.10 Å². The van der Waals surface area contributed by atoms with Gasteiger partial charge in [-0.05, 0) is 32.9 Å². The van der Waals surface area contributed by atoms with Crippen molar-refractivity contribution in [2.24, 2.45) is 7.05 Å². The lowest BCUT2D eigenvalue weighted by Crippen LogP contribution is -2.54. The first-order chi connectivity index (χ1) is 14.4. The number of rotatable bonds is 2. The molecule has 2 atom stereocenters. The lowest BCUT2D eigenvalue weighted by Gasteiger charge is -2.37. The van der Waals surface area contributed by atoms with E-state index in [2.05, 4.69) is 50.2 Å². The highest BCUT2D eigenvalue weighted by Gasteiger charge is 2.22. The molecule has 1 saturated heterocycles. The molecule has 0 unspecified atom stereocenters. The van der Waals surface area contributed by atoms with Crippen LogP contribution >= 0.6 is 0 Å². The lowest BCUT2D eigenvalue weighted by molar-refractivity contribution is 0.407. The first-order valence-electron chi connectivity index (χ1n) is 10.2. The smallest absolute Gasteiger partial charge is 0.165 e. The molecule has 0 radical (unpaired) electrons. The number of pyridine rings is 1. The van der Waals surface area contributed by atoms with Crippen LogP contribution in [0.1, 0.15) is 19.4 Å². The summed E-state index contributed by atoms with van der Waals surface area (Å²) in [6.07, 6.45) is 5.58. The van der Waals surface area contributed by atoms with Crippen LogP contribution in [0.5, 0.6) is 5.75 Å². The Morgan fingerprint density at radius 3 is 2.60 bits per heavy atom. The molecule has 4 heterocycles. The van der Waals surface area contributed by atoms with Crippen LogP contribution in [0.25, 0.3) is 33.3 Å². The number of fused-ring (bicyclic) bond motifs is 2. The Morgan fingerprint density at radius 2 is 1.83 bits per heavy atom. The van der Waals surface area contributed by atoms with E-state index in [0.29, 0.717) is 29.1 Å². The van der Waals surface area contributed by atoms with Gasteiger partial charge in [-0.3, -0.25) is 4.68 Å². The van der Waals surface area contributed by atoms with Gasteiger partial charge >= 0.3 is 0 Å². The van der Waals surface area contributed by atoms with E-state index in [-0.39, 0.29) is 5.75 Å². The monoisotopic (exact) mass is 403 g/mol. The van der Waals surface area contributed by atoms with Crippen molar-refractivity contribution in [2.45, 2.75) is 32.9 Å². The molecular weight excluding hydrogens is 378 g/mol. The van der Waals surface area contributed by atoms with E-state index >= 15 is 0 Å². The summed E-state index contributed by atoms with van der Waals surface area (Å²) in [6, 6.07) is 4.82. The number of aromatic hydroxyl groups is 1. The summed E-state index contributed by atoms with van der Waals surface area (Å²) in [5.74, 6) is 0.611. The Bertz CT molecular complexity index is 1260. The molecule has 3 aromatic heterocycles. The van der Waals surface area contributed by atoms with Gasteiger partial charge in [-0.25, -0.2) is 15.0 Å². The summed E-state index contributed by atoms with van der Waals surface area (Å²) in [5, 5.41) is 20.5. The second-order valence-electron chi connectivity index (χ2n) is 8.31. The zero-order valence-electron chi connectivity index (χ0n) is 17.6. The number of aromatic nitrogens is 5. The number of benzene rings is 1. The highest BCUT2D eigenvalue weighted by Crippen LogP contribution is 2.35. The van der Waals surface area contributed by atoms with Crippen molar-refractivity contribution < 1.29 is 5.11 Å². The number of hydrogen-bond acceptors (Lipinski definition) is 7. The topological polar surface area (TPSA) is 92.0 Å². The molecule has 1 aliphatic rings. The highest BCUT2D eigenvalue weighted by molar-refractivity contribution is 5.90. The van der Waals surface area contributed by atoms with Gasteiger partial charge in [-0.15, -0.1) is 0 Å². The van der Waals surface area contributed by atoms with Gasteiger partial charge in [0.2, 0.25) is 0 Å². The predicted molar refractivity (Wildman–Crippen MR) is 118 cm³/mol. The highest BCUT2D eigenvalue weighted by atomic mass is 16.3. The molecule has 1 fully saturated rings. The zero-order chi connectivity index (χ0) is 21.0. The molecule has 8 heteroatoms. The van der Waals surface area contributed by atoms with Crippen LogP contribution in [0, 0.1) is 6.92 Å². The van der Waals surface area contributed by atoms with E-state index in [9.17, 15) is 5.11 Å². The molecule has 30 heavy (non-hydrogen) atoms. The van der Waals surface area contributed by atoms with Gasteiger partial charge in [0.15, 0.2) is 11.5 Å². The van der Waals surface area contributed by atoms with Crippen LogP contribution in [-0.2, 0) is 7.05 Å². The minimum atomic E-state index is 0.154. The Labute approximate surface area is 174 Å². The van der Waals surface area contributed by atoms with Crippen LogP contribution < -0.4 is 10.2 Å². The van der Waals surface area contributed by atoms with Crippen molar-refractivity contribution in [3.63, 3.8) is 0 Å². The molecule has 1 aliphatic heterocycles. The molecule has 0 spiro atoms. The van der Waals surface area contributed by atoms with Crippen molar-refractivity contribution in [2.75, 3.05) is 18.0 Å². The number of hydrogen-bond donors (Lipinski definition) is 2. The second kappa shape index (κ2) is 6.91. The standard InChI is InChI=1S/C22H25N7O/c1-12-9-29(10-13(2)25-12)17-5-15-7-23-22(26-21(15)24-8-17)18-6-16-11-28(4)27-19(16)14(3)20(18)30/h5-8,11-13,25,30H,9-10H2,1-4H3/t12-,13+. The second-order valence-corrected chi connectivity index (χ2v) is 8.31. The van der Waals surface area contributed by atoms with Crippen LogP contribution in [0.4, 0.5) is 5.69 Å². The van der Waals surface area contributed by atoms with Crippen LogP contribution in [0.15, 0.2) is 30.7 Å². The molecule has 0 saturated carbocycles. The Balaban J connectivity index is 1.55. The van der Waals surface area contributed by atoms with Crippen molar-refractivity contribution in [3.8, 4) is 17.1 Å². The molecule has 4 aromatic rings. The Kier molecular flexibility index (Phi) is 4.32. The summed E-state index contributed by atoms with van der Waals surface area (Å²) >= 11 is 0. The number of aryl methyl sites for hydroxylation is 2. The fraction of sp³-hybridized carbons (Fsp3) is 0.364. The number of phenolic OH excluding ortho intramolecular Hbond substituents is 1. The maximum absolute atomic E-state index is 10.7. The van der Waals surface area contributed by atoms with Crippen LogP contribution in [-0.4, -0.2) is 55.0 Å². The Morgan fingerprint density at radius 1 is 1.07 bits per heavy atom. The number of anilines is 1. The van der Waals surface area contributed by atoms with Crippen molar-refractivity contribution in [3.05, 3.63) is 36.3 Å². The van der Waals surface area contributed by atoms with Crippen molar-refractivity contribution in [1.82, 2.24) is 30.0 Å². The molecule has 0 amide bonds. The largest absolute Gasteiger partial charge is 0.507 e. The third-order valence-electron chi connectivity index (χ3n) is 5.70. The van der Waals surface area contributed by atoms with Crippen LogP contribution in [0.3, 0.4) is 0 Å². The summed E-state index contributed by atoms with van der Waals surface area (Å²) in [7, 11) is 1.87. The van der Waals surface area contributed by atoms with E-state index in [1.165, 1.54) is 0 Å². The number of piperazine rings is 1. The summed E-state index contributed by atoms with van der Waals surface area (Å²) in [6.45, 7) is 8.12. The molecule has 8 nitrogen and oxygen atoms in total. The van der Waals surface area contributed by atoms with Crippen molar-refractivity contribution in [1.29, 1.82) is 0 Å². The van der Waals surface area contributed by atoms with E-state index in [1.807, 2.05) is 32.4 Å². The third-order valence-corrected chi connectivity index (χ3v) is 5.70. The normalized spacial score (nSPS) is 19.7. The summed E-state index contributed by atoms with van der Waals surface area (Å²) in [4.78, 5) is 16.1. The van der Waals surface area contributed by atoms with Gasteiger partial charge < -0.3 is 15.3 Å². The summed E-state index contributed by atoms with van der Waals surface area (Å²) < 4.78 is 1.74. The van der Waals surface area contributed by atoms with Gasteiger partial charge in [0.1, 0.15) is 5.75 Å². The average Bonchev–Trinajstić information content (AvgIpc) is 3.10. The minimum absolute atomic E-state index is 0.154. The maximum Gasteiger partial charge on any atom is 0.165 e. The summed E-state index contributed by atoms with van der Waals surface area (Å²) in [5.41, 5.74) is 3.78. The molecule has 0 bridgehead atoms. The number of nitrogens with zero attached hydrogens (tertiary/aromatic N) is 6. The SMILES string of the molecule is Cc1c(O)c(-c2ncc3cc(N4C[C@@H](C)N[C@@H](C)C4)cnc3n2)cc2cn(C)nc12. The number of phenols is 1. The van der Waals surface area contributed by atoms with E-state index in [1.54, 1.807) is 10.9 Å². The first-order valence-corrected chi connectivity index (χ1v) is 10.2. The van der Waals surface area contributed by atoms with Gasteiger partial charge in [-0.1, -0.05) is 0 Å². The van der Waals surface area contributed by atoms with Gasteiger partial charge in [0.25, 0.3) is 0 Å². The first kappa shape index (κ1) is 18.7. The lowest BCUT2D eigenvalue weighted by atomic mass is 10.1. The Hall–Kier alpha value is -3.26. The fourth-order valence-electron chi connectivity index (χ4n) is 4.36. The zero-order valence-corrected chi connectivity index (χ0v) is 17.6. The quantitative estimate of drug-likeness (QED) is 0.532. The van der Waals surface area contributed by atoms with E-state index < -0.39 is 0 Å². The van der Waals surface area contributed by atoms with Crippen LogP contribution in [0.2, 0.25) is 0 Å².